The Morgan fingerprint density at radius 1 is 1.17 bits per heavy atom. The Balaban J connectivity index is 1.61. The summed E-state index contributed by atoms with van der Waals surface area (Å²) >= 11 is 0. The highest BCUT2D eigenvalue weighted by molar-refractivity contribution is 5.62. The van der Waals surface area contributed by atoms with E-state index >= 15 is 0 Å². The van der Waals surface area contributed by atoms with Gasteiger partial charge in [0.25, 0.3) is 5.69 Å². The van der Waals surface area contributed by atoms with E-state index in [4.69, 9.17) is 0 Å². The van der Waals surface area contributed by atoms with E-state index in [0.29, 0.717) is 17.9 Å². The second-order valence-electron chi connectivity index (χ2n) is 4.77. The number of tetrazole rings is 1. The zero-order valence-corrected chi connectivity index (χ0v) is 12.5. The van der Waals surface area contributed by atoms with E-state index in [1.54, 1.807) is 23.0 Å². The monoisotopic (exact) mass is 323 g/mol. The van der Waals surface area contributed by atoms with Gasteiger partial charge in [0.1, 0.15) is 0 Å². The summed E-state index contributed by atoms with van der Waals surface area (Å²) in [5.74, 6) is 0.649. The molecule has 2 aromatic carbocycles. The molecule has 9 nitrogen and oxygen atoms in total. The van der Waals surface area contributed by atoms with Crippen molar-refractivity contribution < 1.29 is 4.92 Å². The van der Waals surface area contributed by atoms with Crippen LogP contribution in [-0.4, -0.2) is 31.3 Å². The number of benzene rings is 2. The molecule has 0 fully saturated rings. The highest BCUT2D eigenvalue weighted by Crippen LogP contribution is 2.15. The van der Waals surface area contributed by atoms with Gasteiger partial charge in [-0.2, -0.15) is 9.78 Å². The lowest BCUT2D eigenvalue weighted by molar-refractivity contribution is -0.384. The van der Waals surface area contributed by atoms with Gasteiger partial charge in [0.05, 0.1) is 16.3 Å². The number of aromatic nitrogens is 4. The third-order valence-corrected chi connectivity index (χ3v) is 3.17. The molecule has 9 heteroatoms. The van der Waals surface area contributed by atoms with E-state index in [9.17, 15) is 10.1 Å². The lowest BCUT2D eigenvalue weighted by atomic mass is 10.3. The molecule has 1 heterocycles. The fraction of sp³-hybridized carbons (Fsp3) is 0.0667. The van der Waals surface area contributed by atoms with E-state index in [0.717, 1.165) is 5.69 Å². The van der Waals surface area contributed by atoms with Gasteiger partial charge in [-0.1, -0.05) is 18.2 Å². The van der Waals surface area contributed by atoms with Crippen LogP contribution in [0.4, 0.5) is 11.4 Å². The third kappa shape index (κ3) is 3.58. The van der Waals surface area contributed by atoms with Crippen LogP contribution in [0.25, 0.3) is 5.69 Å². The van der Waals surface area contributed by atoms with Gasteiger partial charge in [-0.25, -0.2) is 0 Å². The van der Waals surface area contributed by atoms with Gasteiger partial charge in [-0.3, -0.25) is 15.5 Å². The number of nitrogens with one attached hydrogen (secondary N) is 1. The SMILES string of the molecule is O=[N+]([O-])c1ccc(N/N=C/Cc2nnnn2-c2ccccc2)cc1. The zero-order chi connectivity index (χ0) is 16.8. The molecule has 0 aliphatic carbocycles. The number of nitro benzene ring substituents is 1. The minimum absolute atomic E-state index is 0.0339. The fourth-order valence-corrected chi connectivity index (χ4v) is 2.01. The van der Waals surface area contributed by atoms with E-state index in [1.807, 2.05) is 30.3 Å². The first-order valence-corrected chi connectivity index (χ1v) is 7.09. The van der Waals surface area contributed by atoms with E-state index in [-0.39, 0.29) is 5.69 Å². The van der Waals surface area contributed by atoms with Crippen LogP contribution in [0.1, 0.15) is 5.82 Å². The Bertz CT molecular complexity index is 844. The van der Waals surface area contributed by atoms with Crippen molar-refractivity contribution in [2.45, 2.75) is 6.42 Å². The molecule has 0 saturated carbocycles. The number of nitro groups is 1. The molecular weight excluding hydrogens is 310 g/mol. The molecule has 0 spiro atoms. The van der Waals surface area contributed by atoms with E-state index in [2.05, 4.69) is 26.1 Å². The van der Waals surface area contributed by atoms with Crippen LogP contribution in [0.15, 0.2) is 59.7 Å². The number of rotatable bonds is 6. The average molecular weight is 323 g/mol. The smallest absolute Gasteiger partial charge is 0.269 e. The van der Waals surface area contributed by atoms with Crippen molar-refractivity contribution >= 4 is 17.6 Å². The molecule has 1 aromatic heterocycles. The number of hydrogen-bond acceptors (Lipinski definition) is 7. The van der Waals surface area contributed by atoms with Gasteiger partial charge in [-0.15, -0.1) is 5.10 Å². The number of nitrogens with zero attached hydrogens (tertiary/aromatic N) is 6. The third-order valence-electron chi connectivity index (χ3n) is 3.17. The summed E-state index contributed by atoms with van der Waals surface area (Å²) in [5.41, 5.74) is 4.36. The maximum Gasteiger partial charge on any atom is 0.269 e. The molecule has 3 aromatic rings. The summed E-state index contributed by atoms with van der Waals surface area (Å²) in [6.07, 6.45) is 2.06. The Labute approximate surface area is 136 Å². The van der Waals surface area contributed by atoms with Crippen molar-refractivity contribution in [1.29, 1.82) is 0 Å². The van der Waals surface area contributed by atoms with Crippen molar-refractivity contribution in [2.24, 2.45) is 5.10 Å². The molecule has 0 aliphatic rings. The second kappa shape index (κ2) is 7.09. The summed E-state index contributed by atoms with van der Waals surface area (Å²) < 4.78 is 1.64. The van der Waals surface area contributed by atoms with Crippen LogP contribution in [0, 0.1) is 10.1 Å². The predicted molar refractivity (Wildman–Crippen MR) is 88.1 cm³/mol. The Kier molecular flexibility index (Phi) is 4.52. The minimum Gasteiger partial charge on any atom is -0.279 e. The highest BCUT2D eigenvalue weighted by atomic mass is 16.6. The van der Waals surface area contributed by atoms with Gasteiger partial charge in [0.2, 0.25) is 0 Å². The number of para-hydroxylation sites is 1. The van der Waals surface area contributed by atoms with Gasteiger partial charge >= 0.3 is 0 Å². The lowest BCUT2D eigenvalue weighted by Gasteiger charge is -2.02. The highest BCUT2D eigenvalue weighted by Gasteiger charge is 2.06. The van der Waals surface area contributed by atoms with Crippen molar-refractivity contribution in [3.8, 4) is 5.69 Å². The van der Waals surface area contributed by atoms with E-state index in [1.165, 1.54) is 12.1 Å². The lowest BCUT2D eigenvalue weighted by Crippen LogP contribution is -2.04. The van der Waals surface area contributed by atoms with Crippen LogP contribution in [0.3, 0.4) is 0 Å². The van der Waals surface area contributed by atoms with Crippen LogP contribution >= 0.6 is 0 Å². The molecular formula is C15H13N7O2. The van der Waals surface area contributed by atoms with Crippen molar-refractivity contribution in [3.05, 3.63) is 70.5 Å². The summed E-state index contributed by atoms with van der Waals surface area (Å²) in [6, 6.07) is 15.5. The van der Waals surface area contributed by atoms with E-state index < -0.39 is 4.92 Å². The normalized spacial score (nSPS) is 10.8. The van der Waals surface area contributed by atoms with Gasteiger partial charge in [0.15, 0.2) is 5.82 Å². The molecule has 120 valence electrons. The molecule has 24 heavy (non-hydrogen) atoms. The first-order valence-electron chi connectivity index (χ1n) is 7.09. The number of anilines is 1. The first-order chi connectivity index (χ1) is 11.7. The number of hydrazone groups is 1. The maximum atomic E-state index is 10.6. The molecule has 1 N–H and O–H groups in total. The molecule has 0 unspecified atom stereocenters. The predicted octanol–water partition coefficient (Wildman–Crippen LogP) is 2.21. The second-order valence-corrected chi connectivity index (χ2v) is 4.77. The van der Waals surface area contributed by atoms with Crippen LogP contribution in [0.5, 0.6) is 0 Å². The summed E-state index contributed by atoms with van der Waals surface area (Å²) in [7, 11) is 0. The largest absolute Gasteiger partial charge is 0.279 e. The Morgan fingerprint density at radius 2 is 1.92 bits per heavy atom. The number of hydrogen-bond donors (Lipinski definition) is 1. The van der Waals surface area contributed by atoms with Gasteiger partial charge in [-0.05, 0) is 34.7 Å². The van der Waals surface area contributed by atoms with Crippen LogP contribution in [-0.2, 0) is 6.42 Å². The zero-order valence-electron chi connectivity index (χ0n) is 12.5. The molecule has 3 rings (SSSR count). The van der Waals surface area contributed by atoms with Crippen LogP contribution in [0.2, 0.25) is 0 Å². The van der Waals surface area contributed by atoms with Crippen molar-refractivity contribution in [3.63, 3.8) is 0 Å². The average Bonchev–Trinajstić information content (AvgIpc) is 3.08. The Hall–Kier alpha value is -3.62. The standard InChI is InChI=1S/C15H13N7O2/c23-22(24)14-8-6-12(7-9-14)17-16-11-10-15-18-19-20-21(15)13-4-2-1-3-5-13/h1-9,11,17H,10H2/b16-11+. The van der Waals surface area contributed by atoms with Gasteiger partial charge in [0, 0.05) is 24.8 Å². The first kappa shape index (κ1) is 15.3. The molecule has 0 bridgehead atoms. The van der Waals surface area contributed by atoms with Crippen molar-refractivity contribution in [2.75, 3.05) is 5.43 Å². The van der Waals surface area contributed by atoms with Crippen LogP contribution < -0.4 is 5.43 Å². The summed E-state index contributed by atoms with van der Waals surface area (Å²) in [6.45, 7) is 0. The quantitative estimate of drug-likeness (QED) is 0.423. The maximum absolute atomic E-state index is 10.6. The summed E-state index contributed by atoms with van der Waals surface area (Å²) in [5, 5.41) is 26.3. The molecule has 0 atom stereocenters. The molecule has 0 saturated heterocycles. The fourth-order valence-electron chi connectivity index (χ4n) is 2.01. The molecule has 0 radical (unpaired) electrons. The summed E-state index contributed by atoms with van der Waals surface area (Å²) in [4.78, 5) is 10.1. The number of non-ortho nitro benzene ring substituents is 1. The topological polar surface area (TPSA) is 111 Å². The Morgan fingerprint density at radius 3 is 2.62 bits per heavy atom. The molecule has 0 aliphatic heterocycles. The van der Waals surface area contributed by atoms with Crippen molar-refractivity contribution in [1.82, 2.24) is 20.2 Å². The minimum atomic E-state index is -0.448. The molecule has 0 amide bonds. The van der Waals surface area contributed by atoms with Gasteiger partial charge < -0.3 is 0 Å².